The van der Waals surface area contributed by atoms with Gasteiger partial charge in [0.2, 0.25) is 5.91 Å². The highest BCUT2D eigenvalue weighted by atomic mass is 19.3. The van der Waals surface area contributed by atoms with Crippen molar-refractivity contribution in [2.24, 2.45) is 5.41 Å². The van der Waals surface area contributed by atoms with Crippen molar-refractivity contribution in [2.45, 2.75) is 25.7 Å². The van der Waals surface area contributed by atoms with Gasteiger partial charge in [-0.2, -0.15) is 0 Å². The molecule has 1 spiro atoms. The molecule has 2 aliphatic rings. The number of alkyl halides is 2. The van der Waals surface area contributed by atoms with E-state index < -0.39 is 30.2 Å². The number of nitrogens with zero attached hydrogens (tertiary/aromatic N) is 3. The molecule has 2 aliphatic heterocycles. The van der Waals surface area contributed by atoms with E-state index in [2.05, 4.69) is 9.97 Å². The van der Waals surface area contributed by atoms with Crippen LogP contribution in [0.2, 0.25) is 0 Å². The highest BCUT2D eigenvalue weighted by Gasteiger charge is 2.57. The van der Waals surface area contributed by atoms with E-state index in [0.717, 1.165) is 4.90 Å². The summed E-state index contributed by atoms with van der Waals surface area (Å²) in [5.41, 5.74) is -1.06. The van der Waals surface area contributed by atoms with Crippen LogP contribution in [0.3, 0.4) is 0 Å². The fraction of sp³-hybridized carbons (Fsp3) is 0.688. The zero-order valence-corrected chi connectivity index (χ0v) is 14.3. The first kappa shape index (κ1) is 17.8. The maximum atomic E-state index is 14.4. The van der Waals surface area contributed by atoms with Gasteiger partial charge in [-0.15, -0.1) is 0 Å². The van der Waals surface area contributed by atoms with Crippen LogP contribution in [-0.4, -0.2) is 77.4 Å². The lowest BCUT2D eigenvalue weighted by molar-refractivity contribution is -0.151. The predicted octanol–water partition coefficient (Wildman–Crippen LogP) is 1.06. The summed E-state index contributed by atoms with van der Waals surface area (Å²) in [6.45, 7) is 2.13. The number of H-pyrrole nitrogens is 1. The van der Waals surface area contributed by atoms with Crippen LogP contribution in [-0.2, 0) is 9.53 Å². The summed E-state index contributed by atoms with van der Waals surface area (Å²) >= 11 is 0. The minimum atomic E-state index is -3.10. The molecule has 7 nitrogen and oxygen atoms in total. The molecule has 0 saturated carbocycles. The maximum absolute atomic E-state index is 14.4. The minimum absolute atomic E-state index is 0.00179. The van der Waals surface area contributed by atoms with Crippen LogP contribution in [0.1, 0.15) is 29.2 Å². The van der Waals surface area contributed by atoms with Gasteiger partial charge in [-0.25, -0.2) is 13.8 Å². The summed E-state index contributed by atoms with van der Waals surface area (Å²) in [5, 5.41) is 0. The lowest BCUT2D eigenvalue weighted by Gasteiger charge is -2.42. The van der Waals surface area contributed by atoms with Crippen molar-refractivity contribution in [3.05, 3.63) is 17.7 Å². The average molecular weight is 356 g/mol. The lowest BCUT2D eigenvalue weighted by Crippen LogP contribution is -2.57. The maximum Gasteiger partial charge on any atom is 0.272 e. The van der Waals surface area contributed by atoms with Gasteiger partial charge in [0, 0.05) is 33.2 Å². The fourth-order valence-electron chi connectivity index (χ4n) is 3.77. The molecule has 1 atom stereocenters. The van der Waals surface area contributed by atoms with E-state index in [4.69, 9.17) is 4.74 Å². The molecule has 1 aromatic rings. The number of nitrogens with one attached hydrogen (secondary N) is 1. The van der Waals surface area contributed by atoms with Crippen molar-refractivity contribution in [1.82, 2.24) is 19.8 Å². The molecule has 1 N–H and O–H groups in total. The molecule has 1 unspecified atom stereocenters. The van der Waals surface area contributed by atoms with Gasteiger partial charge in [0.15, 0.2) is 0 Å². The van der Waals surface area contributed by atoms with Gasteiger partial charge in [-0.05, 0) is 13.3 Å². The molecule has 2 amide bonds. The van der Waals surface area contributed by atoms with E-state index in [1.807, 2.05) is 0 Å². The number of aryl methyl sites for hydroxylation is 1. The number of carbonyl (C=O) groups is 2. The number of hydrogen-bond donors (Lipinski definition) is 1. The van der Waals surface area contributed by atoms with Crippen LogP contribution < -0.4 is 0 Å². The molecule has 9 heteroatoms. The van der Waals surface area contributed by atoms with Crippen LogP contribution in [0, 0.1) is 12.3 Å². The number of likely N-dealkylation sites (tertiary alicyclic amines) is 2. The molecule has 0 bridgehead atoms. The number of halogens is 2. The van der Waals surface area contributed by atoms with Crippen molar-refractivity contribution < 1.29 is 23.1 Å². The van der Waals surface area contributed by atoms with E-state index in [9.17, 15) is 18.4 Å². The summed E-state index contributed by atoms with van der Waals surface area (Å²) in [4.78, 5) is 34.7. The highest BCUT2D eigenvalue weighted by Crippen LogP contribution is 2.45. The van der Waals surface area contributed by atoms with Crippen molar-refractivity contribution in [3.8, 4) is 0 Å². The molecule has 138 valence electrons. The molecule has 0 aliphatic carbocycles. The molecule has 0 aromatic carbocycles. The summed E-state index contributed by atoms with van der Waals surface area (Å²) in [7, 11) is 1.53. The topological polar surface area (TPSA) is 78.5 Å². The van der Waals surface area contributed by atoms with Crippen LogP contribution in [0.5, 0.6) is 0 Å². The van der Waals surface area contributed by atoms with Gasteiger partial charge < -0.3 is 19.5 Å². The first-order valence-electron chi connectivity index (χ1n) is 8.23. The first-order valence-corrected chi connectivity index (χ1v) is 8.23. The quantitative estimate of drug-likeness (QED) is 0.875. The van der Waals surface area contributed by atoms with Gasteiger partial charge in [0.1, 0.15) is 11.5 Å². The van der Waals surface area contributed by atoms with E-state index in [0.29, 0.717) is 31.9 Å². The third-order valence-electron chi connectivity index (χ3n) is 4.90. The Morgan fingerprint density at radius 1 is 1.44 bits per heavy atom. The molecule has 0 radical (unpaired) electrons. The Morgan fingerprint density at radius 3 is 2.84 bits per heavy atom. The van der Waals surface area contributed by atoms with Gasteiger partial charge in [-0.3, -0.25) is 9.59 Å². The minimum Gasteiger partial charge on any atom is -0.383 e. The number of aromatic nitrogens is 2. The number of carbonyl (C=O) groups excluding carboxylic acids is 2. The third kappa shape index (κ3) is 3.37. The van der Waals surface area contributed by atoms with Gasteiger partial charge in [-0.1, -0.05) is 0 Å². The number of rotatable bonds is 4. The summed E-state index contributed by atoms with van der Waals surface area (Å²) in [6, 6.07) is 0. The third-order valence-corrected chi connectivity index (χ3v) is 4.90. The Bertz CT molecular complexity index is 678. The van der Waals surface area contributed by atoms with E-state index >= 15 is 0 Å². The Balaban J connectivity index is 1.82. The van der Waals surface area contributed by atoms with Gasteiger partial charge in [0.05, 0.1) is 24.8 Å². The molecule has 1 aromatic heterocycles. The SMILES string of the molecule is COCCN1CCC2(CN(C(=O)c3cnc(C)[nH]3)CC(F)(F)C2)C1=O. The Hall–Kier alpha value is -2.03. The first-order chi connectivity index (χ1) is 11.8. The average Bonchev–Trinajstić information content (AvgIpc) is 3.09. The smallest absolute Gasteiger partial charge is 0.272 e. The second kappa shape index (κ2) is 6.36. The number of methoxy groups -OCH3 is 1. The predicted molar refractivity (Wildman–Crippen MR) is 84.3 cm³/mol. The van der Waals surface area contributed by atoms with Gasteiger partial charge >= 0.3 is 0 Å². The highest BCUT2D eigenvalue weighted by molar-refractivity contribution is 5.93. The van der Waals surface area contributed by atoms with Crippen LogP contribution in [0.4, 0.5) is 8.78 Å². The molecule has 3 rings (SSSR count). The standard InChI is InChI=1S/C16H22F2N4O3/c1-11-19-7-12(20-11)13(23)22-9-15(8-16(17,18)10-22)3-4-21(14(15)24)5-6-25-2/h7H,3-6,8-10H2,1-2H3,(H,19,20). The zero-order chi connectivity index (χ0) is 18.2. The lowest BCUT2D eigenvalue weighted by atomic mass is 9.77. The largest absolute Gasteiger partial charge is 0.383 e. The molecule has 25 heavy (non-hydrogen) atoms. The van der Waals surface area contributed by atoms with E-state index in [1.165, 1.54) is 13.3 Å². The van der Waals surface area contributed by atoms with Gasteiger partial charge in [0.25, 0.3) is 11.8 Å². The monoisotopic (exact) mass is 356 g/mol. The van der Waals surface area contributed by atoms with Crippen molar-refractivity contribution in [3.63, 3.8) is 0 Å². The Kier molecular flexibility index (Phi) is 4.52. The zero-order valence-electron chi connectivity index (χ0n) is 14.3. The number of aromatic amines is 1. The Labute approximate surface area is 144 Å². The van der Waals surface area contributed by atoms with Crippen molar-refractivity contribution in [1.29, 1.82) is 0 Å². The fourth-order valence-corrected chi connectivity index (χ4v) is 3.77. The number of piperidine rings is 1. The second-order valence-corrected chi connectivity index (χ2v) is 6.89. The Morgan fingerprint density at radius 2 is 2.20 bits per heavy atom. The van der Waals surface area contributed by atoms with E-state index in [-0.39, 0.29) is 18.1 Å². The van der Waals surface area contributed by atoms with Crippen LogP contribution in [0.15, 0.2) is 6.20 Å². The number of amides is 2. The van der Waals surface area contributed by atoms with Crippen LogP contribution >= 0.6 is 0 Å². The molecular weight excluding hydrogens is 334 g/mol. The normalized spacial score (nSPS) is 25.8. The molecule has 3 heterocycles. The number of hydrogen-bond acceptors (Lipinski definition) is 4. The van der Waals surface area contributed by atoms with Crippen molar-refractivity contribution in [2.75, 3.05) is 39.9 Å². The second-order valence-electron chi connectivity index (χ2n) is 6.89. The number of imidazole rings is 1. The molecule has 2 saturated heterocycles. The molecule has 2 fully saturated rings. The van der Waals surface area contributed by atoms with Crippen LogP contribution in [0.25, 0.3) is 0 Å². The number of ether oxygens (including phenoxy) is 1. The van der Waals surface area contributed by atoms with E-state index in [1.54, 1.807) is 11.8 Å². The summed E-state index contributed by atoms with van der Waals surface area (Å²) in [5.74, 6) is -3.44. The van der Waals surface area contributed by atoms with Crippen molar-refractivity contribution >= 4 is 11.8 Å². The summed E-state index contributed by atoms with van der Waals surface area (Å²) in [6.07, 6.45) is 1.13. The molecular formula is C16H22F2N4O3. The summed E-state index contributed by atoms with van der Waals surface area (Å²) < 4.78 is 33.7.